The zero-order valence-corrected chi connectivity index (χ0v) is 18.0. The van der Waals surface area contributed by atoms with Crippen LogP contribution < -0.4 is 16.2 Å². The van der Waals surface area contributed by atoms with Crippen molar-refractivity contribution in [3.05, 3.63) is 50.8 Å². The van der Waals surface area contributed by atoms with E-state index in [0.717, 1.165) is 32.2 Å². The van der Waals surface area contributed by atoms with Crippen molar-refractivity contribution in [3.8, 4) is 0 Å². The van der Waals surface area contributed by atoms with Crippen LogP contribution in [0.4, 0.5) is 16.1 Å². The van der Waals surface area contributed by atoms with Crippen LogP contribution in [0, 0.1) is 6.92 Å². The molecule has 1 aliphatic rings. The predicted octanol–water partition coefficient (Wildman–Crippen LogP) is 1.35. The van der Waals surface area contributed by atoms with Crippen LogP contribution >= 0.6 is 22.9 Å². The first kappa shape index (κ1) is 21.4. The van der Waals surface area contributed by atoms with Gasteiger partial charge in [0, 0.05) is 17.5 Å². The van der Waals surface area contributed by atoms with E-state index in [1.807, 2.05) is 13.0 Å². The number of H-pyrrole nitrogens is 1. The first-order valence-electron chi connectivity index (χ1n) is 9.14. The van der Waals surface area contributed by atoms with Crippen molar-refractivity contribution in [1.82, 2.24) is 25.0 Å². The number of amides is 2. The van der Waals surface area contributed by atoms with Crippen molar-refractivity contribution < 1.29 is 14.4 Å². The SMILES string of the molecule is Cc1cc(C2=NN(C=O)C(=O)C(Nc3nnc(Nc4cc(=O)[nH]n4C=O)s3)C2)ccc1Cl. The van der Waals surface area contributed by atoms with Crippen molar-refractivity contribution in [2.45, 2.75) is 19.4 Å². The molecule has 14 heteroatoms. The molecule has 0 fully saturated rings. The fourth-order valence-corrected chi connectivity index (χ4v) is 3.84. The van der Waals surface area contributed by atoms with E-state index in [4.69, 9.17) is 11.6 Å². The Labute approximate surface area is 188 Å². The minimum atomic E-state index is -0.815. The number of aromatic nitrogens is 4. The number of aromatic amines is 1. The number of rotatable bonds is 7. The summed E-state index contributed by atoms with van der Waals surface area (Å²) in [5.74, 6) is -0.360. The largest absolute Gasteiger partial charge is 0.348 e. The molecule has 0 radical (unpaired) electrons. The highest BCUT2D eigenvalue weighted by atomic mass is 35.5. The first-order chi connectivity index (χ1) is 15.4. The third-order valence-electron chi connectivity index (χ3n) is 4.56. The molecule has 32 heavy (non-hydrogen) atoms. The lowest BCUT2D eigenvalue weighted by Crippen LogP contribution is -2.45. The van der Waals surface area contributed by atoms with Crippen molar-refractivity contribution in [3.63, 3.8) is 0 Å². The van der Waals surface area contributed by atoms with Crippen LogP contribution in [-0.4, -0.2) is 55.5 Å². The number of aryl methyl sites for hydroxylation is 1. The summed E-state index contributed by atoms with van der Waals surface area (Å²) in [6, 6.07) is 5.69. The second-order valence-corrected chi connectivity index (χ2v) is 8.10. The number of hydrogen-bond acceptors (Lipinski definition) is 10. The van der Waals surface area contributed by atoms with E-state index in [1.54, 1.807) is 12.1 Å². The zero-order chi connectivity index (χ0) is 22.8. The summed E-state index contributed by atoms with van der Waals surface area (Å²) in [5.41, 5.74) is 1.63. The predicted molar refractivity (Wildman–Crippen MR) is 118 cm³/mol. The highest BCUT2D eigenvalue weighted by Gasteiger charge is 2.32. The summed E-state index contributed by atoms with van der Waals surface area (Å²) in [5, 5.41) is 22.0. The first-order valence-corrected chi connectivity index (χ1v) is 10.3. The van der Waals surface area contributed by atoms with Gasteiger partial charge in [-0.05, 0) is 30.2 Å². The normalized spacial score (nSPS) is 15.9. The quantitative estimate of drug-likeness (QED) is 0.433. The number of nitrogens with one attached hydrogen (secondary N) is 3. The number of hydrogen-bond donors (Lipinski definition) is 3. The summed E-state index contributed by atoms with van der Waals surface area (Å²) in [7, 11) is 0. The molecule has 0 spiro atoms. The smallest absolute Gasteiger partial charge is 0.272 e. The van der Waals surface area contributed by atoms with Gasteiger partial charge in [-0.15, -0.1) is 10.2 Å². The third kappa shape index (κ3) is 4.29. The van der Waals surface area contributed by atoms with Gasteiger partial charge in [-0.25, -0.2) is 4.68 Å². The topological polar surface area (TPSA) is 154 Å². The molecule has 1 atom stereocenters. The van der Waals surface area contributed by atoms with Gasteiger partial charge in [0.25, 0.3) is 11.5 Å². The van der Waals surface area contributed by atoms with E-state index in [9.17, 15) is 19.2 Å². The second-order valence-electron chi connectivity index (χ2n) is 6.72. The highest BCUT2D eigenvalue weighted by molar-refractivity contribution is 7.19. The van der Waals surface area contributed by atoms with Crippen LogP contribution in [0.2, 0.25) is 5.02 Å². The molecule has 1 aromatic carbocycles. The van der Waals surface area contributed by atoms with Gasteiger partial charge in [0.1, 0.15) is 11.9 Å². The number of halogens is 1. The average Bonchev–Trinajstić information content (AvgIpc) is 3.37. The number of nitrogens with zero attached hydrogens (tertiary/aromatic N) is 5. The Morgan fingerprint density at radius 3 is 2.69 bits per heavy atom. The number of anilines is 3. The average molecular weight is 475 g/mol. The van der Waals surface area contributed by atoms with Crippen LogP contribution in [0.1, 0.15) is 17.5 Å². The molecule has 164 valence electrons. The van der Waals surface area contributed by atoms with Crippen molar-refractivity contribution >= 4 is 63.5 Å². The lowest BCUT2D eigenvalue weighted by atomic mass is 9.99. The molecule has 0 saturated carbocycles. The maximum Gasteiger partial charge on any atom is 0.272 e. The molecule has 3 aromatic rings. The number of imide groups is 1. The van der Waals surface area contributed by atoms with Gasteiger partial charge in [0.05, 0.1) is 5.71 Å². The van der Waals surface area contributed by atoms with Gasteiger partial charge in [-0.3, -0.25) is 24.3 Å². The maximum atomic E-state index is 12.6. The molecule has 1 unspecified atom stereocenters. The van der Waals surface area contributed by atoms with Gasteiger partial charge in [-0.1, -0.05) is 29.0 Å². The molecular formula is C18H15ClN8O4S. The van der Waals surface area contributed by atoms with Crippen molar-refractivity contribution in [1.29, 1.82) is 0 Å². The summed E-state index contributed by atoms with van der Waals surface area (Å²) in [6.07, 6.45) is 0.976. The number of carbonyl (C=O) groups excluding carboxylic acids is 3. The molecule has 0 bridgehead atoms. The molecule has 3 N–H and O–H groups in total. The van der Waals surface area contributed by atoms with E-state index in [0.29, 0.717) is 28.7 Å². The van der Waals surface area contributed by atoms with Crippen LogP contribution in [0.5, 0.6) is 0 Å². The molecule has 4 rings (SSSR count). The Hall–Kier alpha value is -3.84. The van der Waals surface area contributed by atoms with Crippen LogP contribution in [-0.2, 0) is 14.4 Å². The molecule has 1 aliphatic heterocycles. The molecule has 2 aromatic heterocycles. The van der Waals surface area contributed by atoms with E-state index < -0.39 is 17.5 Å². The second kappa shape index (κ2) is 8.72. The van der Waals surface area contributed by atoms with Gasteiger partial charge >= 0.3 is 0 Å². The number of hydrazone groups is 1. The van der Waals surface area contributed by atoms with E-state index in [2.05, 4.69) is 31.0 Å². The number of benzene rings is 1. The molecular weight excluding hydrogens is 460 g/mol. The zero-order valence-electron chi connectivity index (χ0n) is 16.4. The Bertz CT molecular complexity index is 1300. The van der Waals surface area contributed by atoms with E-state index >= 15 is 0 Å². The molecule has 12 nitrogen and oxygen atoms in total. The molecule has 0 saturated heterocycles. The summed E-state index contributed by atoms with van der Waals surface area (Å²) < 4.78 is 0.959. The van der Waals surface area contributed by atoms with Crippen molar-refractivity contribution in [2.24, 2.45) is 5.10 Å². The minimum absolute atomic E-state index is 0.182. The van der Waals surface area contributed by atoms with Gasteiger partial charge in [0.2, 0.25) is 23.1 Å². The Morgan fingerprint density at radius 2 is 1.97 bits per heavy atom. The summed E-state index contributed by atoms with van der Waals surface area (Å²) in [4.78, 5) is 46.4. The van der Waals surface area contributed by atoms with Crippen LogP contribution in [0.25, 0.3) is 0 Å². The Kier molecular flexibility index (Phi) is 5.83. The molecule has 2 amide bonds. The highest BCUT2D eigenvalue weighted by Crippen LogP contribution is 2.26. The Morgan fingerprint density at radius 1 is 1.19 bits per heavy atom. The minimum Gasteiger partial charge on any atom is -0.348 e. The van der Waals surface area contributed by atoms with Crippen LogP contribution in [0.15, 0.2) is 34.2 Å². The van der Waals surface area contributed by atoms with E-state index in [1.165, 1.54) is 6.07 Å². The summed E-state index contributed by atoms with van der Waals surface area (Å²) >= 11 is 7.14. The van der Waals surface area contributed by atoms with Crippen LogP contribution in [0.3, 0.4) is 0 Å². The lowest BCUT2D eigenvalue weighted by molar-refractivity contribution is -0.139. The fourth-order valence-electron chi connectivity index (χ4n) is 3.02. The van der Waals surface area contributed by atoms with Gasteiger partial charge < -0.3 is 10.6 Å². The lowest BCUT2D eigenvalue weighted by Gasteiger charge is -2.26. The Balaban J connectivity index is 1.53. The van der Waals surface area contributed by atoms with E-state index in [-0.39, 0.29) is 17.4 Å². The maximum absolute atomic E-state index is 12.6. The monoisotopic (exact) mass is 474 g/mol. The third-order valence-corrected chi connectivity index (χ3v) is 5.76. The fraction of sp³-hybridized carbons (Fsp3) is 0.167. The standard InChI is InChI=1S/C18H15ClN8O4S/c1-9-4-10(2-3-11(9)19)12-5-13(16(31)27(8-29)24-12)20-17-22-23-18(32-17)21-14-6-15(30)25-26(14)7-28/h2-4,6-8,13H,5H2,1H3,(H,20,22)(H,21,23)(H,25,30). The molecule has 3 heterocycles. The van der Waals surface area contributed by atoms with Gasteiger partial charge in [0.15, 0.2) is 0 Å². The van der Waals surface area contributed by atoms with Crippen molar-refractivity contribution in [2.75, 3.05) is 10.6 Å². The van der Waals surface area contributed by atoms with Gasteiger partial charge in [-0.2, -0.15) is 10.1 Å². The number of carbonyl (C=O) groups is 3. The molecule has 0 aliphatic carbocycles. The summed E-state index contributed by atoms with van der Waals surface area (Å²) in [6.45, 7) is 1.85.